The van der Waals surface area contributed by atoms with Crippen molar-refractivity contribution in [2.45, 2.75) is 0 Å². The number of para-hydroxylation sites is 5. The lowest BCUT2D eigenvalue weighted by Gasteiger charge is -2.11. The molecule has 0 atom stereocenters. The topological polar surface area (TPSA) is 69.9 Å². The molecule has 0 unspecified atom stereocenters. The SMILES string of the molecule is c1ccc(-c2nc(-c3ccc(-c4ccc5c(c4)oc4cc(-c6cccc7c8ccccc8n(-c8ccccc8)c67)ccc45)cc3)nc(-c3cccc4c3oc3ccccc34)n2)cc1. The molecule has 6 nitrogen and oxygen atoms in total. The maximum Gasteiger partial charge on any atom is 0.167 e. The highest BCUT2D eigenvalue weighted by molar-refractivity contribution is 6.15. The summed E-state index contributed by atoms with van der Waals surface area (Å²) < 4.78 is 15.5. The summed E-state index contributed by atoms with van der Waals surface area (Å²) in [5, 5.41) is 6.71. The van der Waals surface area contributed by atoms with E-state index in [1.165, 1.54) is 21.8 Å². The van der Waals surface area contributed by atoms with E-state index in [2.05, 4.69) is 150 Å². The van der Waals surface area contributed by atoms with Crippen LogP contribution in [0.4, 0.5) is 0 Å². The number of hydrogen-bond acceptors (Lipinski definition) is 5. The highest BCUT2D eigenvalue weighted by atomic mass is 16.3. The minimum Gasteiger partial charge on any atom is -0.456 e. The van der Waals surface area contributed by atoms with Gasteiger partial charge in [-0.05, 0) is 71.3 Å². The second-order valence-corrected chi connectivity index (χ2v) is 15.9. The number of fused-ring (bicyclic) bond motifs is 9. The zero-order chi connectivity index (χ0) is 41.4. The second kappa shape index (κ2) is 14.0. The zero-order valence-electron chi connectivity index (χ0n) is 33.7. The van der Waals surface area contributed by atoms with Gasteiger partial charge in [0.1, 0.15) is 22.3 Å². The maximum absolute atomic E-state index is 6.67. The van der Waals surface area contributed by atoms with Gasteiger partial charge < -0.3 is 13.4 Å². The third-order valence-electron chi connectivity index (χ3n) is 12.3. The molecular formula is C57H34N4O2. The Morgan fingerprint density at radius 3 is 1.63 bits per heavy atom. The summed E-state index contributed by atoms with van der Waals surface area (Å²) in [6, 6.07) is 71.6. The van der Waals surface area contributed by atoms with Gasteiger partial charge in [0.15, 0.2) is 17.5 Å². The Kier molecular flexibility index (Phi) is 7.80. The molecule has 0 spiro atoms. The molecule has 294 valence electrons. The average Bonchev–Trinajstić information content (AvgIpc) is 4.03. The first-order valence-corrected chi connectivity index (χ1v) is 21.1. The van der Waals surface area contributed by atoms with E-state index in [0.29, 0.717) is 17.5 Å². The van der Waals surface area contributed by atoms with Crippen molar-refractivity contribution in [2.24, 2.45) is 0 Å². The molecule has 0 bridgehead atoms. The number of aromatic nitrogens is 4. The summed E-state index contributed by atoms with van der Waals surface area (Å²) in [4.78, 5) is 15.1. The monoisotopic (exact) mass is 806 g/mol. The van der Waals surface area contributed by atoms with Crippen molar-refractivity contribution in [3.05, 3.63) is 206 Å². The lowest BCUT2D eigenvalue weighted by Crippen LogP contribution is -2.00. The maximum atomic E-state index is 6.67. The van der Waals surface area contributed by atoms with Crippen LogP contribution in [0.1, 0.15) is 0 Å². The Morgan fingerprint density at radius 2 is 0.857 bits per heavy atom. The molecule has 0 radical (unpaired) electrons. The molecule has 0 aliphatic heterocycles. The van der Waals surface area contributed by atoms with Crippen molar-refractivity contribution in [1.29, 1.82) is 0 Å². The van der Waals surface area contributed by atoms with Gasteiger partial charge >= 0.3 is 0 Å². The Hall–Kier alpha value is -8.61. The Labute approximate surface area is 361 Å². The van der Waals surface area contributed by atoms with E-state index in [1.807, 2.05) is 60.7 Å². The molecule has 4 heterocycles. The molecule has 4 aromatic heterocycles. The van der Waals surface area contributed by atoms with E-state index < -0.39 is 0 Å². The highest BCUT2D eigenvalue weighted by Gasteiger charge is 2.20. The molecular weight excluding hydrogens is 773 g/mol. The van der Waals surface area contributed by atoms with Gasteiger partial charge in [0, 0.05) is 54.7 Å². The number of nitrogens with zero attached hydrogens (tertiary/aromatic N) is 4. The predicted molar refractivity (Wildman–Crippen MR) is 256 cm³/mol. The molecule has 0 amide bonds. The smallest absolute Gasteiger partial charge is 0.167 e. The third-order valence-corrected chi connectivity index (χ3v) is 12.3. The summed E-state index contributed by atoms with van der Waals surface area (Å²) in [5.41, 5.74) is 13.8. The van der Waals surface area contributed by atoms with Crippen molar-refractivity contribution < 1.29 is 8.83 Å². The lowest BCUT2D eigenvalue weighted by atomic mass is 9.99. The number of benzene rings is 9. The quantitative estimate of drug-likeness (QED) is 0.167. The first-order valence-electron chi connectivity index (χ1n) is 21.1. The van der Waals surface area contributed by atoms with Gasteiger partial charge in [-0.3, -0.25) is 0 Å². The molecule has 63 heavy (non-hydrogen) atoms. The fourth-order valence-electron chi connectivity index (χ4n) is 9.30. The van der Waals surface area contributed by atoms with E-state index in [0.717, 1.165) is 88.5 Å². The van der Waals surface area contributed by atoms with Crippen LogP contribution in [0.25, 0.3) is 128 Å². The Morgan fingerprint density at radius 1 is 0.317 bits per heavy atom. The van der Waals surface area contributed by atoms with E-state index in [9.17, 15) is 0 Å². The van der Waals surface area contributed by atoms with E-state index in [1.54, 1.807) is 0 Å². The van der Waals surface area contributed by atoms with Crippen LogP contribution in [0.2, 0.25) is 0 Å². The number of furan rings is 2. The summed E-state index contributed by atoms with van der Waals surface area (Å²) >= 11 is 0. The normalized spacial score (nSPS) is 11.8. The first-order chi connectivity index (χ1) is 31.2. The van der Waals surface area contributed by atoms with Crippen LogP contribution < -0.4 is 0 Å². The first kappa shape index (κ1) is 35.2. The molecule has 13 rings (SSSR count). The van der Waals surface area contributed by atoms with Crippen molar-refractivity contribution in [3.8, 4) is 62.1 Å². The Balaban J connectivity index is 0.875. The fraction of sp³-hybridized carbons (Fsp3) is 0. The summed E-state index contributed by atoms with van der Waals surface area (Å²) in [6.45, 7) is 0. The molecule has 0 saturated carbocycles. The number of rotatable bonds is 6. The van der Waals surface area contributed by atoms with Gasteiger partial charge in [-0.15, -0.1) is 0 Å². The zero-order valence-corrected chi connectivity index (χ0v) is 33.7. The van der Waals surface area contributed by atoms with E-state index in [-0.39, 0.29) is 0 Å². The fourth-order valence-corrected chi connectivity index (χ4v) is 9.30. The van der Waals surface area contributed by atoms with Gasteiger partial charge in [0.25, 0.3) is 0 Å². The van der Waals surface area contributed by atoms with Crippen LogP contribution in [0.15, 0.2) is 215 Å². The molecule has 13 aromatic rings. The van der Waals surface area contributed by atoms with Crippen LogP contribution in [-0.2, 0) is 0 Å². The van der Waals surface area contributed by atoms with Crippen LogP contribution >= 0.6 is 0 Å². The van der Waals surface area contributed by atoms with Gasteiger partial charge in [0.05, 0.1) is 16.6 Å². The second-order valence-electron chi connectivity index (χ2n) is 15.9. The van der Waals surface area contributed by atoms with Crippen molar-refractivity contribution in [1.82, 2.24) is 19.5 Å². The van der Waals surface area contributed by atoms with Crippen LogP contribution in [-0.4, -0.2) is 19.5 Å². The van der Waals surface area contributed by atoms with E-state index in [4.69, 9.17) is 23.8 Å². The summed E-state index contributed by atoms with van der Waals surface area (Å²) in [7, 11) is 0. The molecule has 0 N–H and O–H groups in total. The van der Waals surface area contributed by atoms with E-state index >= 15 is 0 Å². The van der Waals surface area contributed by atoms with Crippen LogP contribution in [0, 0.1) is 0 Å². The van der Waals surface area contributed by atoms with Crippen LogP contribution in [0.3, 0.4) is 0 Å². The van der Waals surface area contributed by atoms with Crippen molar-refractivity contribution in [3.63, 3.8) is 0 Å². The van der Waals surface area contributed by atoms with Gasteiger partial charge in [-0.1, -0.05) is 152 Å². The predicted octanol–water partition coefficient (Wildman–Crippen LogP) is 15.1. The molecule has 0 aliphatic rings. The highest BCUT2D eigenvalue weighted by Crippen LogP contribution is 2.41. The number of hydrogen-bond donors (Lipinski definition) is 0. The Bertz CT molecular complexity index is 3900. The molecule has 0 saturated heterocycles. The van der Waals surface area contributed by atoms with Crippen LogP contribution in [0.5, 0.6) is 0 Å². The van der Waals surface area contributed by atoms with Gasteiger partial charge in [0.2, 0.25) is 0 Å². The van der Waals surface area contributed by atoms with Gasteiger partial charge in [-0.2, -0.15) is 0 Å². The standard InChI is InChI=1S/C57H34N4O2/c1-3-13-36(14-4-1)55-58-56(60-57(59-55)48-22-12-21-47-43-18-8-10-24-50(43)63-54(47)48)37-27-25-35(26-28-37)38-29-31-44-45-32-30-39(34-52(45)62-51(44)33-38)41-19-11-20-46-42-17-7-9-23-49(42)61(53(41)46)40-15-5-2-6-16-40/h1-34H. The van der Waals surface area contributed by atoms with Gasteiger partial charge in [-0.25, -0.2) is 15.0 Å². The lowest BCUT2D eigenvalue weighted by molar-refractivity contribution is 0.669. The minimum absolute atomic E-state index is 0.557. The van der Waals surface area contributed by atoms with Crippen molar-refractivity contribution >= 4 is 65.7 Å². The third kappa shape index (κ3) is 5.69. The van der Waals surface area contributed by atoms with Crippen molar-refractivity contribution in [2.75, 3.05) is 0 Å². The molecule has 0 aliphatic carbocycles. The molecule has 0 fully saturated rings. The molecule has 6 heteroatoms. The largest absolute Gasteiger partial charge is 0.456 e. The minimum atomic E-state index is 0.557. The summed E-state index contributed by atoms with van der Waals surface area (Å²) in [5.74, 6) is 1.74. The molecule has 9 aromatic carbocycles. The average molecular weight is 807 g/mol. The summed E-state index contributed by atoms with van der Waals surface area (Å²) in [6.07, 6.45) is 0.